The van der Waals surface area contributed by atoms with Gasteiger partial charge in [-0.25, -0.2) is 8.42 Å². The molecule has 4 aromatic carbocycles. The van der Waals surface area contributed by atoms with Crippen LogP contribution in [-0.2, 0) is 32.6 Å². The zero-order valence-electron chi connectivity index (χ0n) is 25.2. The average Bonchev–Trinajstić information content (AvgIpc) is 3.02. The lowest BCUT2D eigenvalue weighted by atomic mass is 10.0. The summed E-state index contributed by atoms with van der Waals surface area (Å²) < 4.78 is 29.2. The van der Waals surface area contributed by atoms with Crippen LogP contribution in [0.1, 0.15) is 37.0 Å². The predicted octanol–water partition coefficient (Wildman–Crippen LogP) is 6.40. The molecule has 0 fully saturated rings. The van der Waals surface area contributed by atoms with E-state index < -0.39 is 28.5 Å². The number of nitrogens with one attached hydrogen (secondary N) is 1. The summed E-state index contributed by atoms with van der Waals surface area (Å²) in [4.78, 5) is 29.8. The molecular formula is C35H38ClN3O4S. The summed E-state index contributed by atoms with van der Waals surface area (Å²) in [5.41, 5.74) is 2.83. The van der Waals surface area contributed by atoms with Crippen LogP contribution < -0.4 is 9.62 Å². The van der Waals surface area contributed by atoms with Crippen LogP contribution in [0.15, 0.2) is 114 Å². The fourth-order valence-electron chi connectivity index (χ4n) is 4.77. The molecule has 2 amide bonds. The lowest BCUT2D eigenvalue weighted by Crippen LogP contribution is -2.54. The SMILES string of the molecule is CC[C@H](C)NC(=O)[C@@H](Cc1ccccc1)N(Cc1ccccc1)C(=O)CN(c1cccc(Cl)c1)S(=O)(=O)c1ccc(C)cc1. The van der Waals surface area contributed by atoms with Crippen LogP contribution in [-0.4, -0.2) is 43.8 Å². The summed E-state index contributed by atoms with van der Waals surface area (Å²) in [6, 6.07) is 30.7. The molecular weight excluding hydrogens is 594 g/mol. The van der Waals surface area contributed by atoms with Crippen LogP contribution in [0.2, 0.25) is 5.02 Å². The highest BCUT2D eigenvalue weighted by Gasteiger charge is 2.35. The van der Waals surface area contributed by atoms with Gasteiger partial charge in [-0.2, -0.15) is 0 Å². The average molecular weight is 632 g/mol. The lowest BCUT2D eigenvalue weighted by Gasteiger charge is -2.34. The number of rotatable bonds is 13. The van der Waals surface area contributed by atoms with Crippen LogP contribution in [0.5, 0.6) is 0 Å². The van der Waals surface area contributed by atoms with Crippen molar-refractivity contribution >= 4 is 39.1 Å². The zero-order chi connectivity index (χ0) is 31.7. The molecule has 0 unspecified atom stereocenters. The molecule has 7 nitrogen and oxygen atoms in total. The molecule has 230 valence electrons. The van der Waals surface area contributed by atoms with E-state index >= 15 is 0 Å². The van der Waals surface area contributed by atoms with E-state index in [0.29, 0.717) is 11.4 Å². The number of carbonyl (C=O) groups is 2. The quantitative estimate of drug-likeness (QED) is 0.185. The molecule has 2 atom stereocenters. The summed E-state index contributed by atoms with van der Waals surface area (Å²) in [5.74, 6) is -0.826. The van der Waals surface area contributed by atoms with Crippen molar-refractivity contribution in [2.24, 2.45) is 0 Å². The smallest absolute Gasteiger partial charge is 0.264 e. The fraction of sp³-hybridized carbons (Fsp3) is 0.257. The Morgan fingerprint density at radius 1 is 0.841 bits per heavy atom. The molecule has 0 radical (unpaired) electrons. The number of halogens is 1. The number of carbonyl (C=O) groups excluding carboxylic acids is 2. The van der Waals surface area contributed by atoms with Gasteiger partial charge in [-0.15, -0.1) is 0 Å². The number of sulfonamides is 1. The Bertz CT molecular complexity index is 1650. The lowest BCUT2D eigenvalue weighted by molar-refractivity contribution is -0.140. The molecule has 0 heterocycles. The molecule has 4 rings (SSSR count). The van der Waals surface area contributed by atoms with Gasteiger partial charge in [0.15, 0.2) is 0 Å². The Labute approximate surface area is 265 Å². The third kappa shape index (κ3) is 8.49. The number of hydrogen-bond acceptors (Lipinski definition) is 4. The van der Waals surface area contributed by atoms with Gasteiger partial charge in [-0.3, -0.25) is 13.9 Å². The largest absolute Gasteiger partial charge is 0.352 e. The first-order chi connectivity index (χ1) is 21.1. The Kier molecular flexibility index (Phi) is 11.2. The molecule has 0 bridgehead atoms. The van der Waals surface area contributed by atoms with E-state index in [-0.39, 0.29) is 35.5 Å². The van der Waals surface area contributed by atoms with Crippen LogP contribution >= 0.6 is 11.6 Å². The second-order valence-electron chi connectivity index (χ2n) is 10.8. The van der Waals surface area contributed by atoms with E-state index in [2.05, 4.69) is 5.32 Å². The van der Waals surface area contributed by atoms with Gasteiger partial charge < -0.3 is 10.2 Å². The monoisotopic (exact) mass is 631 g/mol. The minimum absolute atomic E-state index is 0.0424. The van der Waals surface area contributed by atoms with Crippen LogP contribution in [0, 0.1) is 6.92 Å². The minimum atomic E-state index is -4.19. The van der Waals surface area contributed by atoms with Gasteiger partial charge in [0.25, 0.3) is 10.0 Å². The molecule has 9 heteroatoms. The van der Waals surface area contributed by atoms with Crippen molar-refractivity contribution < 1.29 is 18.0 Å². The number of hydrogen-bond donors (Lipinski definition) is 1. The maximum Gasteiger partial charge on any atom is 0.264 e. The fourth-order valence-corrected chi connectivity index (χ4v) is 6.36. The topological polar surface area (TPSA) is 86.8 Å². The van der Waals surface area contributed by atoms with Crippen LogP contribution in [0.3, 0.4) is 0 Å². The molecule has 0 aliphatic rings. The van der Waals surface area contributed by atoms with Crippen LogP contribution in [0.4, 0.5) is 5.69 Å². The maximum atomic E-state index is 14.4. The number of aryl methyl sites for hydroxylation is 1. The van der Waals surface area contributed by atoms with Crippen molar-refractivity contribution in [1.29, 1.82) is 0 Å². The Balaban J connectivity index is 1.79. The van der Waals surface area contributed by atoms with Crippen molar-refractivity contribution in [1.82, 2.24) is 10.2 Å². The Hall–Kier alpha value is -4.14. The highest BCUT2D eigenvalue weighted by Crippen LogP contribution is 2.27. The van der Waals surface area contributed by atoms with Crippen molar-refractivity contribution in [3.05, 3.63) is 131 Å². The highest BCUT2D eigenvalue weighted by molar-refractivity contribution is 7.92. The number of nitrogens with zero attached hydrogens (tertiary/aromatic N) is 2. The van der Waals surface area contributed by atoms with E-state index in [4.69, 9.17) is 11.6 Å². The van der Waals surface area contributed by atoms with Crippen molar-refractivity contribution in [3.8, 4) is 0 Å². The molecule has 0 aliphatic carbocycles. The standard InChI is InChI=1S/C35H38ClN3O4S/c1-4-27(3)37-35(41)33(22-28-12-7-5-8-13-28)38(24-29-14-9-6-10-15-29)34(40)25-39(31-17-11-16-30(36)23-31)44(42,43)32-20-18-26(2)19-21-32/h5-21,23,27,33H,4,22,24-25H2,1-3H3,(H,37,41)/t27-,33+/m0/s1. The molecule has 4 aromatic rings. The Morgan fingerprint density at radius 3 is 2.05 bits per heavy atom. The molecule has 0 saturated carbocycles. The van der Waals surface area contributed by atoms with E-state index in [9.17, 15) is 18.0 Å². The zero-order valence-corrected chi connectivity index (χ0v) is 26.8. The third-order valence-corrected chi connectivity index (χ3v) is 9.48. The van der Waals surface area contributed by atoms with Gasteiger partial charge in [0, 0.05) is 24.0 Å². The second-order valence-corrected chi connectivity index (χ2v) is 13.1. The van der Waals surface area contributed by atoms with Crippen LogP contribution in [0.25, 0.3) is 0 Å². The number of anilines is 1. The first-order valence-corrected chi connectivity index (χ1v) is 16.4. The highest BCUT2D eigenvalue weighted by atomic mass is 35.5. The van der Waals surface area contributed by atoms with Gasteiger partial charge in [-0.05, 0) is 61.7 Å². The van der Waals surface area contributed by atoms with Crippen molar-refractivity contribution in [3.63, 3.8) is 0 Å². The van der Waals surface area contributed by atoms with E-state index in [1.165, 1.54) is 23.1 Å². The first-order valence-electron chi connectivity index (χ1n) is 14.6. The van der Waals surface area contributed by atoms with Gasteiger partial charge in [-0.1, -0.05) is 103 Å². The van der Waals surface area contributed by atoms with Gasteiger partial charge in [0.1, 0.15) is 12.6 Å². The first kappa shape index (κ1) is 32.8. The van der Waals surface area contributed by atoms with Crippen molar-refractivity contribution in [2.45, 2.75) is 57.1 Å². The summed E-state index contributed by atoms with van der Waals surface area (Å²) >= 11 is 6.29. The number of benzene rings is 4. The predicted molar refractivity (Wildman–Crippen MR) is 176 cm³/mol. The van der Waals surface area contributed by atoms with E-state index in [0.717, 1.165) is 21.0 Å². The molecule has 1 N–H and O–H groups in total. The van der Waals surface area contributed by atoms with Gasteiger partial charge >= 0.3 is 0 Å². The Morgan fingerprint density at radius 2 is 1.45 bits per heavy atom. The normalized spacial score (nSPS) is 12.6. The molecule has 0 aromatic heterocycles. The summed E-state index contributed by atoms with van der Waals surface area (Å²) in [7, 11) is -4.19. The molecule has 0 spiro atoms. The second kappa shape index (κ2) is 15.0. The molecule has 44 heavy (non-hydrogen) atoms. The van der Waals surface area contributed by atoms with Crippen molar-refractivity contribution in [2.75, 3.05) is 10.8 Å². The molecule has 0 saturated heterocycles. The summed E-state index contributed by atoms with van der Waals surface area (Å²) in [6.07, 6.45) is 0.970. The van der Waals surface area contributed by atoms with Gasteiger partial charge in [0.05, 0.1) is 10.6 Å². The summed E-state index contributed by atoms with van der Waals surface area (Å²) in [6.45, 7) is 5.33. The minimum Gasteiger partial charge on any atom is -0.352 e. The van der Waals surface area contributed by atoms with E-state index in [1.54, 1.807) is 30.3 Å². The summed E-state index contributed by atoms with van der Waals surface area (Å²) in [5, 5.41) is 3.37. The maximum absolute atomic E-state index is 14.4. The third-order valence-electron chi connectivity index (χ3n) is 7.45. The van der Waals surface area contributed by atoms with E-state index in [1.807, 2.05) is 81.4 Å². The number of amides is 2. The molecule has 0 aliphatic heterocycles. The van der Waals surface area contributed by atoms with Gasteiger partial charge in [0.2, 0.25) is 11.8 Å².